The molecule has 0 atom stereocenters. The lowest BCUT2D eigenvalue weighted by atomic mass is 10.0. The topological polar surface area (TPSA) is 66.4 Å². The quantitative estimate of drug-likeness (QED) is 0.749. The van der Waals surface area contributed by atoms with E-state index in [-0.39, 0.29) is 11.5 Å². The van der Waals surface area contributed by atoms with Gasteiger partial charge in [-0.1, -0.05) is 42.5 Å². The van der Waals surface area contributed by atoms with E-state index >= 15 is 0 Å². The molecule has 0 aliphatic carbocycles. The molecule has 3 rings (SSSR count). The van der Waals surface area contributed by atoms with Crippen molar-refractivity contribution in [3.8, 4) is 11.1 Å². The van der Waals surface area contributed by atoms with E-state index in [0.717, 1.165) is 11.1 Å². The van der Waals surface area contributed by atoms with E-state index in [1.165, 1.54) is 17.4 Å². The Morgan fingerprint density at radius 2 is 1.52 bits per heavy atom. The molecular formula is C18H13NO3S. The fraction of sp³-hybridized carbons (Fsp3) is 0. The molecule has 23 heavy (non-hydrogen) atoms. The average molecular weight is 323 g/mol. The number of carboxylic acids is 1. The number of thiophene rings is 1. The van der Waals surface area contributed by atoms with Crippen LogP contribution in [0.3, 0.4) is 0 Å². The molecule has 0 fully saturated rings. The molecule has 1 heterocycles. The van der Waals surface area contributed by atoms with Gasteiger partial charge in [-0.25, -0.2) is 4.79 Å². The molecule has 0 saturated heterocycles. The fourth-order valence-electron chi connectivity index (χ4n) is 2.19. The number of hydrogen-bond acceptors (Lipinski definition) is 3. The van der Waals surface area contributed by atoms with Crippen molar-refractivity contribution in [2.45, 2.75) is 0 Å². The van der Waals surface area contributed by atoms with E-state index in [0.29, 0.717) is 10.6 Å². The molecule has 1 aromatic heterocycles. The maximum Gasteiger partial charge on any atom is 0.338 e. The highest BCUT2D eigenvalue weighted by Gasteiger charge is 2.14. The number of carboxylic acid groups (broad SMARTS) is 1. The van der Waals surface area contributed by atoms with Gasteiger partial charge in [0.15, 0.2) is 0 Å². The summed E-state index contributed by atoms with van der Waals surface area (Å²) in [4.78, 5) is 23.3. The molecule has 2 aromatic carbocycles. The second-order valence-corrected chi connectivity index (χ2v) is 5.78. The van der Waals surface area contributed by atoms with E-state index in [1.807, 2.05) is 42.5 Å². The van der Waals surface area contributed by atoms with Gasteiger partial charge >= 0.3 is 5.97 Å². The van der Waals surface area contributed by atoms with Gasteiger partial charge in [0.2, 0.25) is 0 Å². The van der Waals surface area contributed by atoms with Gasteiger partial charge in [-0.15, -0.1) is 11.3 Å². The number of aromatic carboxylic acids is 1. The maximum absolute atomic E-state index is 12.2. The summed E-state index contributed by atoms with van der Waals surface area (Å²) in [5, 5.41) is 13.7. The molecule has 0 unspecified atom stereocenters. The summed E-state index contributed by atoms with van der Waals surface area (Å²) in [7, 11) is 0. The van der Waals surface area contributed by atoms with Gasteiger partial charge in [-0.05, 0) is 34.7 Å². The van der Waals surface area contributed by atoms with Crippen molar-refractivity contribution in [1.82, 2.24) is 0 Å². The minimum absolute atomic E-state index is 0.101. The van der Waals surface area contributed by atoms with Crippen molar-refractivity contribution in [3.05, 3.63) is 77.2 Å². The lowest BCUT2D eigenvalue weighted by molar-refractivity contribution is 0.0698. The van der Waals surface area contributed by atoms with Crippen LogP contribution < -0.4 is 5.32 Å². The molecule has 1 amide bonds. The van der Waals surface area contributed by atoms with Crippen molar-refractivity contribution >= 4 is 28.2 Å². The number of rotatable bonds is 4. The Hall–Kier alpha value is -2.92. The second-order valence-electron chi connectivity index (χ2n) is 4.87. The highest BCUT2D eigenvalue weighted by atomic mass is 32.1. The monoisotopic (exact) mass is 323 g/mol. The van der Waals surface area contributed by atoms with E-state index in [4.69, 9.17) is 5.11 Å². The van der Waals surface area contributed by atoms with Crippen LogP contribution >= 0.6 is 11.3 Å². The zero-order valence-electron chi connectivity index (χ0n) is 12.0. The number of carbonyl (C=O) groups is 2. The van der Waals surface area contributed by atoms with Gasteiger partial charge in [0.1, 0.15) is 5.00 Å². The zero-order valence-corrected chi connectivity index (χ0v) is 12.8. The van der Waals surface area contributed by atoms with Crippen LogP contribution in [0.5, 0.6) is 0 Å². The summed E-state index contributed by atoms with van der Waals surface area (Å²) in [5.41, 5.74) is 2.68. The smallest absolute Gasteiger partial charge is 0.338 e. The largest absolute Gasteiger partial charge is 0.478 e. The van der Waals surface area contributed by atoms with Gasteiger partial charge in [-0.3, -0.25) is 4.79 Å². The van der Waals surface area contributed by atoms with Crippen LogP contribution in [0.1, 0.15) is 20.7 Å². The maximum atomic E-state index is 12.2. The lowest BCUT2D eigenvalue weighted by Gasteiger charge is -2.06. The molecule has 3 aromatic rings. The van der Waals surface area contributed by atoms with Crippen molar-refractivity contribution in [3.63, 3.8) is 0 Å². The predicted octanol–water partition coefficient (Wildman–Crippen LogP) is 4.37. The van der Waals surface area contributed by atoms with Crippen molar-refractivity contribution in [2.24, 2.45) is 0 Å². The third-order valence-corrected chi connectivity index (χ3v) is 4.21. The molecule has 2 N–H and O–H groups in total. The summed E-state index contributed by atoms with van der Waals surface area (Å²) in [6, 6.07) is 18.5. The van der Waals surface area contributed by atoms with E-state index < -0.39 is 5.97 Å². The van der Waals surface area contributed by atoms with Gasteiger partial charge in [-0.2, -0.15) is 0 Å². The summed E-state index contributed by atoms with van der Waals surface area (Å²) in [5.74, 6) is -1.38. The van der Waals surface area contributed by atoms with Gasteiger partial charge in [0.25, 0.3) is 5.91 Å². The molecule has 5 heteroatoms. The standard InChI is InChI=1S/C18H13NO3S/c20-16(19-17-15(18(21)22)10-11-23-17)14-8-6-13(7-9-14)12-4-2-1-3-5-12/h1-11H,(H,19,20)(H,21,22). The summed E-state index contributed by atoms with van der Waals surface area (Å²) < 4.78 is 0. The first kappa shape index (κ1) is 15.0. The normalized spacial score (nSPS) is 10.3. The van der Waals surface area contributed by atoms with Crippen LogP contribution in [-0.4, -0.2) is 17.0 Å². The Kier molecular flexibility index (Phi) is 4.21. The summed E-state index contributed by atoms with van der Waals surface area (Å²) in [6.07, 6.45) is 0. The van der Waals surface area contributed by atoms with E-state index in [1.54, 1.807) is 17.5 Å². The number of anilines is 1. The molecule has 0 radical (unpaired) electrons. The summed E-state index contributed by atoms with van der Waals surface area (Å²) >= 11 is 1.19. The fourth-order valence-corrected chi connectivity index (χ4v) is 2.97. The third kappa shape index (κ3) is 3.30. The average Bonchev–Trinajstić information content (AvgIpc) is 3.04. The van der Waals surface area contributed by atoms with Crippen LogP contribution in [-0.2, 0) is 0 Å². The van der Waals surface area contributed by atoms with Gasteiger partial charge < -0.3 is 10.4 Å². The zero-order chi connectivity index (χ0) is 16.2. The lowest BCUT2D eigenvalue weighted by Crippen LogP contribution is -2.13. The number of hydrogen-bond donors (Lipinski definition) is 2. The Morgan fingerprint density at radius 3 is 2.17 bits per heavy atom. The number of amides is 1. The SMILES string of the molecule is O=C(Nc1sccc1C(=O)O)c1ccc(-c2ccccc2)cc1. The predicted molar refractivity (Wildman–Crippen MR) is 91.1 cm³/mol. The van der Waals surface area contributed by atoms with Crippen LogP contribution in [0.4, 0.5) is 5.00 Å². The molecule has 114 valence electrons. The number of nitrogens with one attached hydrogen (secondary N) is 1. The van der Waals surface area contributed by atoms with E-state index in [2.05, 4.69) is 5.32 Å². The first-order valence-electron chi connectivity index (χ1n) is 6.93. The summed E-state index contributed by atoms with van der Waals surface area (Å²) in [6.45, 7) is 0. The Morgan fingerprint density at radius 1 is 0.870 bits per heavy atom. The van der Waals surface area contributed by atoms with Crippen LogP contribution in [0, 0.1) is 0 Å². The van der Waals surface area contributed by atoms with Crippen LogP contribution in [0.15, 0.2) is 66.0 Å². The first-order chi connectivity index (χ1) is 11.1. The van der Waals surface area contributed by atoms with Crippen molar-refractivity contribution in [1.29, 1.82) is 0 Å². The van der Waals surface area contributed by atoms with E-state index in [9.17, 15) is 9.59 Å². The van der Waals surface area contributed by atoms with Gasteiger partial charge in [0, 0.05) is 5.56 Å². The molecular weight excluding hydrogens is 310 g/mol. The molecule has 0 aliphatic heterocycles. The van der Waals surface area contributed by atoms with Crippen molar-refractivity contribution in [2.75, 3.05) is 5.32 Å². The highest BCUT2D eigenvalue weighted by Crippen LogP contribution is 2.24. The molecule has 0 bridgehead atoms. The minimum Gasteiger partial charge on any atom is -0.478 e. The number of carbonyl (C=O) groups excluding carboxylic acids is 1. The first-order valence-corrected chi connectivity index (χ1v) is 7.81. The minimum atomic E-state index is -1.05. The third-order valence-electron chi connectivity index (χ3n) is 3.38. The molecule has 4 nitrogen and oxygen atoms in total. The Labute approximate surface area is 137 Å². The molecule has 0 aliphatic rings. The molecule has 0 spiro atoms. The Balaban J connectivity index is 1.78. The van der Waals surface area contributed by atoms with Gasteiger partial charge in [0.05, 0.1) is 5.56 Å². The number of benzene rings is 2. The van der Waals surface area contributed by atoms with Crippen LogP contribution in [0.25, 0.3) is 11.1 Å². The Bertz CT molecular complexity index is 838. The molecule has 0 saturated carbocycles. The van der Waals surface area contributed by atoms with Crippen molar-refractivity contribution < 1.29 is 14.7 Å². The highest BCUT2D eigenvalue weighted by molar-refractivity contribution is 7.14. The van der Waals surface area contributed by atoms with Crippen LogP contribution in [0.2, 0.25) is 0 Å². The second kappa shape index (κ2) is 6.46.